The van der Waals surface area contributed by atoms with E-state index in [1.165, 1.54) is 0 Å². The van der Waals surface area contributed by atoms with Crippen LogP contribution in [0.4, 0.5) is 4.79 Å². The zero-order chi connectivity index (χ0) is 16.3. The van der Waals surface area contributed by atoms with Gasteiger partial charge >= 0.3 is 12.0 Å². The first-order chi connectivity index (χ1) is 9.90. The molecule has 0 aliphatic carbocycles. The third-order valence-electron chi connectivity index (χ3n) is 3.67. The van der Waals surface area contributed by atoms with E-state index >= 15 is 0 Å². The summed E-state index contributed by atoms with van der Waals surface area (Å²) < 4.78 is 0. The number of carbonyl (C=O) groups excluding carboxylic acids is 1. The first-order valence-electron chi connectivity index (χ1n) is 7.65. The van der Waals surface area contributed by atoms with Gasteiger partial charge < -0.3 is 15.7 Å². The monoisotopic (exact) mass is 318 g/mol. The highest BCUT2D eigenvalue weighted by Crippen LogP contribution is 2.20. The van der Waals surface area contributed by atoms with Gasteiger partial charge in [0, 0.05) is 24.8 Å². The summed E-state index contributed by atoms with van der Waals surface area (Å²) in [6.45, 7) is 6.84. The maximum atomic E-state index is 11.8. The predicted molar refractivity (Wildman–Crippen MR) is 88.8 cm³/mol. The van der Waals surface area contributed by atoms with Gasteiger partial charge in [0.1, 0.15) is 0 Å². The Hall–Kier alpha value is -0.910. The summed E-state index contributed by atoms with van der Waals surface area (Å²) >= 11 is 1.72. The lowest BCUT2D eigenvalue weighted by Gasteiger charge is -2.21. The molecule has 21 heavy (non-hydrogen) atoms. The second kappa shape index (κ2) is 11.7. The van der Waals surface area contributed by atoms with Gasteiger partial charge in [-0.1, -0.05) is 20.8 Å². The van der Waals surface area contributed by atoms with E-state index in [-0.39, 0.29) is 18.5 Å². The summed E-state index contributed by atoms with van der Waals surface area (Å²) in [5, 5.41) is 14.6. The largest absolute Gasteiger partial charge is 0.481 e. The van der Waals surface area contributed by atoms with Crippen molar-refractivity contribution in [3.8, 4) is 0 Å². The summed E-state index contributed by atoms with van der Waals surface area (Å²) in [6.07, 6.45) is 4.62. The minimum Gasteiger partial charge on any atom is -0.481 e. The summed E-state index contributed by atoms with van der Waals surface area (Å²) in [4.78, 5) is 22.4. The van der Waals surface area contributed by atoms with E-state index in [2.05, 4.69) is 31.4 Å². The summed E-state index contributed by atoms with van der Waals surface area (Å²) in [7, 11) is 0. The third-order valence-corrected chi connectivity index (χ3v) is 4.40. The van der Waals surface area contributed by atoms with Crippen molar-refractivity contribution in [3.05, 3.63) is 0 Å². The average molecular weight is 318 g/mol. The van der Waals surface area contributed by atoms with Crippen LogP contribution in [0.5, 0.6) is 0 Å². The summed E-state index contributed by atoms with van der Waals surface area (Å²) in [5.41, 5.74) is 0. The van der Waals surface area contributed by atoms with E-state index in [9.17, 15) is 9.59 Å². The molecule has 0 aliphatic heterocycles. The topological polar surface area (TPSA) is 78.4 Å². The van der Waals surface area contributed by atoms with E-state index in [0.717, 1.165) is 18.6 Å². The highest BCUT2D eigenvalue weighted by Gasteiger charge is 2.15. The third kappa shape index (κ3) is 10.5. The molecule has 0 saturated heterocycles. The van der Waals surface area contributed by atoms with E-state index in [4.69, 9.17) is 5.11 Å². The van der Waals surface area contributed by atoms with Crippen molar-refractivity contribution in [1.82, 2.24) is 10.6 Å². The minimum absolute atomic E-state index is 0.128. The molecule has 0 fully saturated rings. The van der Waals surface area contributed by atoms with Gasteiger partial charge in [-0.3, -0.25) is 4.79 Å². The Kier molecular flexibility index (Phi) is 11.2. The first kappa shape index (κ1) is 20.1. The van der Waals surface area contributed by atoms with Crippen molar-refractivity contribution in [1.29, 1.82) is 0 Å². The quantitative estimate of drug-likeness (QED) is 0.547. The number of urea groups is 1. The average Bonchev–Trinajstić information content (AvgIpc) is 2.41. The molecule has 0 aromatic rings. The maximum Gasteiger partial charge on any atom is 0.315 e. The van der Waals surface area contributed by atoms with E-state index in [1.807, 2.05) is 6.26 Å². The summed E-state index contributed by atoms with van der Waals surface area (Å²) in [5.74, 6) is 0.912. The smallest absolute Gasteiger partial charge is 0.315 e. The molecule has 6 heteroatoms. The van der Waals surface area contributed by atoms with Gasteiger partial charge in [0.2, 0.25) is 0 Å². The Bertz CT molecular complexity index is 311. The Morgan fingerprint density at radius 3 is 2.38 bits per heavy atom. The number of hydrogen-bond donors (Lipinski definition) is 3. The van der Waals surface area contributed by atoms with Gasteiger partial charge in [-0.05, 0) is 37.4 Å². The van der Waals surface area contributed by atoms with Crippen LogP contribution >= 0.6 is 11.8 Å². The molecule has 0 saturated carbocycles. The number of amides is 2. The fourth-order valence-corrected chi connectivity index (χ4v) is 2.91. The van der Waals surface area contributed by atoms with Gasteiger partial charge in [0.05, 0.1) is 0 Å². The molecule has 124 valence electrons. The Labute approximate surface area is 132 Å². The first-order valence-corrected chi connectivity index (χ1v) is 9.05. The highest BCUT2D eigenvalue weighted by molar-refractivity contribution is 7.98. The minimum atomic E-state index is -0.755. The van der Waals surface area contributed by atoms with Crippen molar-refractivity contribution in [2.45, 2.75) is 52.5 Å². The van der Waals surface area contributed by atoms with Crippen LogP contribution in [-0.4, -0.2) is 41.7 Å². The number of carbonyl (C=O) groups is 2. The number of thioether (sulfide) groups is 1. The van der Waals surface area contributed by atoms with Crippen LogP contribution < -0.4 is 10.6 Å². The second-order valence-electron chi connectivity index (χ2n) is 5.69. The maximum absolute atomic E-state index is 11.8. The number of carboxylic acid groups (broad SMARTS) is 1. The van der Waals surface area contributed by atoms with Crippen molar-refractivity contribution in [3.63, 3.8) is 0 Å². The number of carboxylic acids is 1. The second-order valence-corrected chi connectivity index (χ2v) is 6.60. The van der Waals surface area contributed by atoms with Crippen LogP contribution in [0.3, 0.4) is 0 Å². The number of aliphatic carboxylic acids is 1. The molecule has 2 atom stereocenters. The van der Waals surface area contributed by atoms with E-state index < -0.39 is 5.97 Å². The molecule has 0 bridgehead atoms. The van der Waals surface area contributed by atoms with Gasteiger partial charge in [-0.15, -0.1) is 0 Å². The van der Waals surface area contributed by atoms with E-state index in [0.29, 0.717) is 24.8 Å². The molecule has 2 amide bonds. The lowest BCUT2D eigenvalue weighted by Crippen LogP contribution is -2.43. The van der Waals surface area contributed by atoms with Crippen LogP contribution in [-0.2, 0) is 4.79 Å². The van der Waals surface area contributed by atoms with Gasteiger partial charge in [0.15, 0.2) is 0 Å². The lowest BCUT2D eigenvalue weighted by atomic mass is 9.88. The summed E-state index contributed by atoms with van der Waals surface area (Å²) in [6, 6.07) is 0.0737. The molecule has 0 radical (unpaired) electrons. The zero-order valence-corrected chi connectivity index (χ0v) is 14.5. The van der Waals surface area contributed by atoms with Gasteiger partial charge in [-0.25, -0.2) is 4.79 Å². The fourth-order valence-electron chi connectivity index (χ4n) is 2.19. The SMILES string of the molecule is CCC(CSC)NC(=O)NCCC(CCC(=O)O)C(C)C. The van der Waals surface area contributed by atoms with Crippen molar-refractivity contribution in [2.75, 3.05) is 18.6 Å². The molecule has 0 spiro atoms. The normalized spacial score (nSPS) is 13.8. The van der Waals surface area contributed by atoms with Gasteiger partial charge in [-0.2, -0.15) is 11.8 Å². The van der Waals surface area contributed by atoms with Crippen molar-refractivity contribution < 1.29 is 14.7 Å². The van der Waals surface area contributed by atoms with Crippen molar-refractivity contribution >= 4 is 23.8 Å². The zero-order valence-electron chi connectivity index (χ0n) is 13.6. The van der Waals surface area contributed by atoms with E-state index in [1.54, 1.807) is 11.8 Å². The molecule has 3 N–H and O–H groups in total. The Balaban J connectivity index is 4.01. The van der Waals surface area contributed by atoms with Crippen LogP contribution in [0.2, 0.25) is 0 Å². The molecular weight excluding hydrogens is 288 g/mol. The molecule has 0 aliphatic rings. The molecule has 2 unspecified atom stereocenters. The predicted octanol–water partition coefficient (Wildman–Crippen LogP) is 2.95. The molecule has 5 nitrogen and oxygen atoms in total. The number of nitrogens with one attached hydrogen (secondary N) is 2. The highest BCUT2D eigenvalue weighted by atomic mass is 32.2. The molecular formula is C15H30N2O3S. The van der Waals surface area contributed by atoms with Gasteiger partial charge in [0.25, 0.3) is 0 Å². The number of rotatable bonds is 11. The molecule has 0 heterocycles. The molecule has 0 rings (SSSR count). The van der Waals surface area contributed by atoms with Crippen molar-refractivity contribution in [2.24, 2.45) is 11.8 Å². The molecule has 0 aromatic carbocycles. The molecule has 0 aromatic heterocycles. The van der Waals surface area contributed by atoms with Crippen LogP contribution in [0.1, 0.15) is 46.5 Å². The van der Waals surface area contributed by atoms with Crippen LogP contribution in [0.25, 0.3) is 0 Å². The fraction of sp³-hybridized carbons (Fsp3) is 0.867. The number of hydrogen-bond acceptors (Lipinski definition) is 3. The standard InChI is InChI=1S/C15H30N2O3S/c1-5-13(10-21-4)17-15(20)16-9-8-12(11(2)3)6-7-14(18)19/h11-13H,5-10H2,1-4H3,(H,18,19)(H2,16,17,20). The Morgan fingerprint density at radius 1 is 1.24 bits per heavy atom. The lowest BCUT2D eigenvalue weighted by molar-refractivity contribution is -0.137. The van der Waals surface area contributed by atoms with Crippen LogP contribution in [0.15, 0.2) is 0 Å². The Morgan fingerprint density at radius 2 is 1.90 bits per heavy atom. The van der Waals surface area contributed by atoms with Crippen LogP contribution in [0, 0.1) is 11.8 Å².